The van der Waals surface area contributed by atoms with Crippen molar-refractivity contribution in [2.24, 2.45) is 5.41 Å². The van der Waals surface area contributed by atoms with Crippen molar-refractivity contribution in [2.45, 2.75) is 32.3 Å². The molecule has 2 fully saturated rings. The molecule has 0 bridgehead atoms. The summed E-state index contributed by atoms with van der Waals surface area (Å²) in [5.74, 6) is -0.715. The Hall–Kier alpha value is -0.610. The molecule has 1 spiro atoms. The highest BCUT2D eigenvalue weighted by Crippen LogP contribution is 2.49. The first-order valence-corrected chi connectivity index (χ1v) is 5.69. The van der Waals surface area contributed by atoms with E-state index in [2.05, 4.69) is 0 Å². The third kappa shape index (κ3) is 2.32. The highest BCUT2D eigenvalue weighted by molar-refractivity contribution is 5.69. The maximum atomic E-state index is 10.6. The minimum atomic E-state index is -0.715. The van der Waals surface area contributed by atoms with Gasteiger partial charge in [-0.1, -0.05) is 0 Å². The molecular weight excluding hydrogens is 194 g/mol. The average molecular weight is 213 g/mol. The number of carboxylic acids is 1. The van der Waals surface area contributed by atoms with E-state index in [-0.39, 0.29) is 6.54 Å². The molecule has 0 amide bonds. The molecule has 1 aliphatic heterocycles. The van der Waals surface area contributed by atoms with Gasteiger partial charge < -0.3 is 9.84 Å². The summed E-state index contributed by atoms with van der Waals surface area (Å²) in [6.45, 7) is 4.89. The fourth-order valence-electron chi connectivity index (χ4n) is 2.95. The first kappa shape index (κ1) is 10.9. The van der Waals surface area contributed by atoms with Crippen LogP contribution in [0.25, 0.3) is 0 Å². The second kappa shape index (κ2) is 4.10. The largest absolute Gasteiger partial charge is 0.480 e. The predicted molar refractivity (Wildman–Crippen MR) is 55.8 cm³/mol. The van der Waals surface area contributed by atoms with Crippen LogP contribution in [0, 0.1) is 5.41 Å². The van der Waals surface area contributed by atoms with E-state index in [1.165, 1.54) is 0 Å². The fraction of sp³-hybridized carbons (Fsp3) is 0.909. The number of carboxylic acid groups (broad SMARTS) is 1. The molecule has 0 atom stereocenters. The van der Waals surface area contributed by atoms with Crippen LogP contribution in [0.5, 0.6) is 0 Å². The van der Waals surface area contributed by atoms with Crippen LogP contribution in [-0.2, 0) is 9.53 Å². The van der Waals surface area contributed by atoms with Crippen molar-refractivity contribution in [1.82, 2.24) is 4.90 Å². The Morgan fingerprint density at radius 3 is 2.93 bits per heavy atom. The van der Waals surface area contributed by atoms with Crippen molar-refractivity contribution in [1.29, 1.82) is 0 Å². The van der Waals surface area contributed by atoms with Gasteiger partial charge in [0, 0.05) is 13.2 Å². The Kier molecular flexibility index (Phi) is 2.98. The molecule has 0 unspecified atom stereocenters. The number of carbonyl (C=O) groups is 1. The number of likely N-dealkylation sites (tertiary alicyclic amines) is 1. The van der Waals surface area contributed by atoms with E-state index >= 15 is 0 Å². The fourth-order valence-corrected chi connectivity index (χ4v) is 2.95. The molecule has 2 rings (SSSR count). The Balaban J connectivity index is 1.76. The zero-order chi connectivity index (χ0) is 10.9. The number of nitrogens with zero attached hydrogens (tertiary/aromatic N) is 1. The van der Waals surface area contributed by atoms with E-state index in [1.54, 1.807) is 0 Å². The molecule has 0 radical (unpaired) electrons. The van der Waals surface area contributed by atoms with Crippen molar-refractivity contribution in [3.8, 4) is 0 Å². The third-order valence-electron chi connectivity index (χ3n) is 3.60. The van der Waals surface area contributed by atoms with Gasteiger partial charge in [-0.15, -0.1) is 0 Å². The van der Waals surface area contributed by atoms with Crippen molar-refractivity contribution in [3.63, 3.8) is 0 Å². The first-order chi connectivity index (χ1) is 7.13. The van der Waals surface area contributed by atoms with Gasteiger partial charge in [0.1, 0.15) is 0 Å². The van der Waals surface area contributed by atoms with E-state index in [0.29, 0.717) is 11.5 Å². The second-order valence-corrected chi connectivity index (χ2v) is 4.84. The lowest BCUT2D eigenvalue weighted by molar-refractivity contribution is -0.138. The van der Waals surface area contributed by atoms with Gasteiger partial charge in [-0.05, 0) is 38.1 Å². The summed E-state index contributed by atoms with van der Waals surface area (Å²) in [4.78, 5) is 12.6. The van der Waals surface area contributed by atoms with Crippen LogP contribution < -0.4 is 0 Å². The molecule has 1 saturated heterocycles. The van der Waals surface area contributed by atoms with E-state index in [1.807, 2.05) is 11.8 Å². The van der Waals surface area contributed by atoms with Gasteiger partial charge in [0.2, 0.25) is 0 Å². The standard InChI is InChI=1S/C11H19NO3/c1-2-15-9-5-11(6-9)3-4-12(8-11)7-10(13)14/h9H,2-8H2,1H3,(H,13,14). The van der Waals surface area contributed by atoms with E-state index < -0.39 is 5.97 Å². The van der Waals surface area contributed by atoms with Gasteiger partial charge in [0.25, 0.3) is 0 Å². The Labute approximate surface area is 90.2 Å². The minimum Gasteiger partial charge on any atom is -0.480 e. The smallest absolute Gasteiger partial charge is 0.317 e. The number of ether oxygens (including phenoxy) is 1. The van der Waals surface area contributed by atoms with E-state index in [9.17, 15) is 4.79 Å². The van der Waals surface area contributed by atoms with Crippen LogP contribution in [0.15, 0.2) is 0 Å². The van der Waals surface area contributed by atoms with E-state index in [0.717, 1.165) is 39.0 Å². The topological polar surface area (TPSA) is 49.8 Å². The Morgan fingerprint density at radius 2 is 2.33 bits per heavy atom. The molecule has 0 aromatic rings. The lowest BCUT2D eigenvalue weighted by Gasteiger charge is -2.44. The highest BCUT2D eigenvalue weighted by atomic mass is 16.5. The highest BCUT2D eigenvalue weighted by Gasteiger charge is 2.48. The molecule has 86 valence electrons. The van der Waals surface area contributed by atoms with Crippen LogP contribution in [0.4, 0.5) is 0 Å². The van der Waals surface area contributed by atoms with Crippen molar-refractivity contribution >= 4 is 5.97 Å². The van der Waals surface area contributed by atoms with Crippen LogP contribution in [0.3, 0.4) is 0 Å². The predicted octanol–water partition coefficient (Wildman–Crippen LogP) is 0.962. The molecule has 1 N–H and O–H groups in total. The van der Waals surface area contributed by atoms with Crippen LogP contribution in [0.2, 0.25) is 0 Å². The number of hydrogen-bond donors (Lipinski definition) is 1. The summed E-state index contributed by atoms with van der Waals surface area (Å²) in [5.41, 5.74) is 0.384. The van der Waals surface area contributed by atoms with Gasteiger partial charge in [-0.3, -0.25) is 9.69 Å². The zero-order valence-electron chi connectivity index (χ0n) is 9.24. The molecule has 2 aliphatic rings. The SMILES string of the molecule is CCOC1CC2(CCN(CC(=O)O)C2)C1. The quantitative estimate of drug-likeness (QED) is 0.755. The van der Waals surface area contributed by atoms with Gasteiger partial charge in [0.15, 0.2) is 0 Å². The Bertz CT molecular complexity index is 248. The molecule has 4 nitrogen and oxygen atoms in total. The normalized spacial score (nSPS) is 35.7. The molecule has 0 aromatic heterocycles. The first-order valence-electron chi connectivity index (χ1n) is 5.69. The maximum Gasteiger partial charge on any atom is 0.317 e. The van der Waals surface area contributed by atoms with Crippen molar-refractivity contribution in [3.05, 3.63) is 0 Å². The summed E-state index contributed by atoms with van der Waals surface area (Å²) in [6.07, 6.45) is 3.82. The minimum absolute atomic E-state index is 0.195. The number of rotatable bonds is 4. The summed E-state index contributed by atoms with van der Waals surface area (Å²) < 4.78 is 5.55. The van der Waals surface area contributed by atoms with Gasteiger partial charge in [-0.25, -0.2) is 0 Å². The molecule has 15 heavy (non-hydrogen) atoms. The number of aliphatic carboxylic acids is 1. The zero-order valence-corrected chi connectivity index (χ0v) is 9.24. The van der Waals surface area contributed by atoms with Gasteiger partial charge in [-0.2, -0.15) is 0 Å². The average Bonchev–Trinajstić information content (AvgIpc) is 2.47. The van der Waals surface area contributed by atoms with Crippen LogP contribution in [-0.4, -0.2) is 48.3 Å². The van der Waals surface area contributed by atoms with Crippen LogP contribution in [0.1, 0.15) is 26.2 Å². The molecule has 0 aromatic carbocycles. The monoisotopic (exact) mass is 213 g/mol. The molecule has 1 aliphatic carbocycles. The van der Waals surface area contributed by atoms with Gasteiger partial charge in [0.05, 0.1) is 12.6 Å². The summed E-state index contributed by atoms with van der Waals surface area (Å²) in [5, 5.41) is 8.70. The van der Waals surface area contributed by atoms with Gasteiger partial charge >= 0.3 is 5.97 Å². The lowest BCUT2D eigenvalue weighted by atomic mass is 9.66. The lowest BCUT2D eigenvalue weighted by Crippen LogP contribution is -2.44. The summed E-state index contributed by atoms with van der Waals surface area (Å²) in [7, 11) is 0. The molecule has 4 heteroatoms. The maximum absolute atomic E-state index is 10.6. The third-order valence-corrected chi connectivity index (χ3v) is 3.60. The Morgan fingerprint density at radius 1 is 1.60 bits per heavy atom. The second-order valence-electron chi connectivity index (χ2n) is 4.84. The summed E-state index contributed by atoms with van der Waals surface area (Å²) >= 11 is 0. The molecule has 1 saturated carbocycles. The van der Waals surface area contributed by atoms with Crippen molar-refractivity contribution < 1.29 is 14.6 Å². The summed E-state index contributed by atoms with van der Waals surface area (Å²) in [6, 6.07) is 0. The van der Waals surface area contributed by atoms with Crippen LogP contribution >= 0.6 is 0 Å². The number of hydrogen-bond acceptors (Lipinski definition) is 3. The molecule has 1 heterocycles. The van der Waals surface area contributed by atoms with Crippen molar-refractivity contribution in [2.75, 3.05) is 26.2 Å². The molecular formula is C11H19NO3. The van der Waals surface area contributed by atoms with E-state index in [4.69, 9.17) is 9.84 Å².